The molecular weight excluding hydrogens is 344 g/mol. The highest BCUT2D eigenvalue weighted by Gasteiger charge is 2.17. The first-order valence-corrected chi connectivity index (χ1v) is 7.99. The number of benzene rings is 1. The minimum absolute atomic E-state index is 0.0395. The van der Waals surface area contributed by atoms with Crippen LogP contribution in [0.25, 0.3) is 0 Å². The first-order valence-electron chi connectivity index (χ1n) is 5.72. The lowest BCUT2D eigenvalue weighted by molar-refractivity contribution is 0.580. The van der Waals surface area contributed by atoms with E-state index in [2.05, 4.69) is 30.6 Å². The number of sulfonamides is 1. The molecule has 0 bridgehead atoms. The summed E-state index contributed by atoms with van der Waals surface area (Å²) in [5.41, 5.74) is 6.49. The summed E-state index contributed by atoms with van der Waals surface area (Å²) in [6, 6.07) is 6.33. The Bertz CT molecular complexity index is 734. The van der Waals surface area contributed by atoms with Gasteiger partial charge in [0.2, 0.25) is 10.0 Å². The zero-order chi connectivity index (χ0) is 14.8. The molecule has 0 atom stereocenters. The van der Waals surface area contributed by atoms with Gasteiger partial charge in [0.25, 0.3) is 0 Å². The second-order valence-electron chi connectivity index (χ2n) is 4.10. The molecule has 2 aromatic rings. The summed E-state index contributed by atoms with van der Waals surface area (Å²) in [5, 5.41) is 0. The van der Waals surface area contributed by atoms with Crippen molar-refractivity contribution >= 4 is 31.6 Å². The van der Waals surface area contributed by atoms with E-state index in [0.717, 1.165) is 0 Å². The Hall–Kier alpha value is -1.51. The van der Waals surface area contributed by atoms with Crippen LogP contribution in [0, 0.1) is 6.92 Å². The molecule has 0 amide bonds. The standard InChI is InChI=1S/C12H13BrN4O2S/c1-8-15-5-4-10(17-8)7-16-20(18,19)12-6-9(13)2-3-11(12)14/h2-6,16H,7,14H2,1H3. The van der Waals surface area contributed by atoms with Crippen LogP contribution in [0.1, 0.15) is 11.5 Å². The average molecular weight is 357 g/mol. The number of halogens is 1. The molecular formula is C12H13BrN4O2S. The largest absolute Gasteiger partial charge is 0.398 e. The average Bonchev–Trinajstić information content (AvgIpc) is 2.39. The van der Waals surface area contributed by atoms with Crippen LogP contribution >= 0.6 is 15.9 Å². The second kappa shape index (κ2) is 5.86. The van der Waals surface area contributed by atoms with Crippen molar-refractivity contribution in [2.75, 3.05) is 5.73 Å². The number of nitrogens with zero attached hydrogens (tertiary/aromatic N) is 2. The van der Waals surface area contributed by atoms with Crippen molar-refractivity contribution in [3.63, 3.8) is 0 Å². The van der Waals surface area contributed by atoms with E-state index in [9.17, 15) is 8.42 Å². The zero-order valence-electron chi connectivity index (χ0n) is 10.7. The van der Waals surface area contributed by atoms with E-state index in [1.54, 1.807) is 25.3 Å². The highest BCUT2D eigenvalue weighted by atomic mass is 79.9. The van der Waals surface area contributed by atoms with Gasteiger partial charge in [-0.1, -0.05) is 15.9 Å². The fourth-order valence-electron chi connectivity index (χ4n) is 1.59. The molecule has 6 nitrogen and oxygen atoms in total. The summed E-state index contributed by atoms with van der Waals surface area (Å²) in [6.45, 7) is 1.82. The number of aromatic nitrogens is 2. The number of nitrogens with two attached hydrogens (primary N) is 1. The third-order valence-corrected chi connectivity index (χ3v) is 4.49. The molecule has 0 fully saturated rings. The summed E-state index contributed by atoms with van der Waals surface area (Å²) in [7, 11) is -3.69. The predicted octanol–water partition coefficient (Wildman–Crippen LogP) is 1.61. The number of anilines is 1. The van der Waals surface area contributed by atoms with Gasteiger partial charge < -0.3 is 5.73 Å². The smallest absolute Gasteiger partial charge is 0.243 e. The molecule has 0 radical (unpaired) electrons. The van der Waals surface area contributed by atoms with Gasteiger partial charge in [-0.15, -0.1) is 0 Å². The van der Waals surface area contributed by atoms with Crippen molar-refractivity contribution in [2.45, 2.75) is 18.4 Å². The Morgan fingerprint density at radius 2 is 2.10 bits per heavy atom. The third-order valence-electron chi connectivity index (χ3n) is 2.54. The van der Waals surface area contributed by atoms with E-state index in [0.29, 0.717) is 16.0 Å². The monoisotopic (exact) mass is 356 g/mol. The fraction of sp³-hybridized carbons (Fsp3) is 0.167. The van der Waals surface area contributed by atoms with E-state index in [-0.39, 0.29) is 17.1 Å². The fourth-order valence-corrected chi connectivity index (χ4v) is 3.26. The van der Waals surface area contributed by atoms with Gasteiger partial charge in [-0.25, -0.2) is 23.1 Å². The molecule has 1 aromatic carbocycles. The van der Waals surface area contributed by atoms with Crippen LogP contribution in [0.2, 0.25) is 0 Å². The van der Waals surface area contributed by atoms with Crippen LogP contribution in [0.3, 0.4) is 0 Å². The second-order valence-corrected chi connectivity index (χ2v) is 6.75. The predicted molar refractivity (Wildman–Crippen MR) is 79.3 cm³/mol. The number of nitrogens with one attached hydrogen (secondary N) is 1. The first-order chi connectivity index (χ1) is 9.38. The van der Waals surface area contributed by atoms with Crippen LogP contribution in [0.4, 0.5) is 5.69 Å². The topological polar surface area (TPSA) is 98.0 Å². The van der Waals surface area contributed by atoms with Gasteiger partial charge in [0.1, 0.15) is 10.7 Å². The lowest BCUT2D eigenvalue weighted by Gasteiger charge is -2.09. The Morgan fingerprint density at radius 1 is 1.35 bits per heavy atom. The molecule has 8 heteroatoms. The SMILES string of the molecule is Cc1nccc(CNS(=O)(=O)c2cc(Br)ccc2N)n1. The number of nitrogen functional groups attached to an aromatic ring is 1. The van der Waals surface area contributed by atoms with Crippen molar-refractivity contribution in [2.24, 2.45) is 0 Å². The quantitative estimate of drug-likeness (QED) is 0.810. The van der Waals surface area contributed by atoms with E-state index in [1.807, 2.05) is 0 Å². The molecule has 20 heavy (non-hydrogen) atoms. The maximum absolute atomic E-state index is 12.2. The van der Waals surface area contributed by atoms with Gasteiger partial charge in [-0.05, 0) is 31.2 Å². The number of hydrogen-bond donors (Lipinski definition) is 2. The van der Waals surface area contributed by atoms with Gasteiger partial charge in [0.05, 0.1) is 17.9 Å². The molecule has 0 spiro atoms. The summed E-state index contributed by atoms with van der Waals surface area (Å²) in [6.07, 6.45) is 1.58. The highest BCUT2D eigenvalue weighted by molar-refractivity contribution is 9.10. The van der Waals surface area contributed by atoms with Crippen LogP contribution in [0.15, 0.2) is 39.8 Å². The van der Waals surface area contributed by atoms with Crippen LogP contribution in [-0.4, -0.2) is 18.4 Å². The normalized spacial score (nSPS) is 11.5. The van der Waals surface area contributed by atoms with Gasteiger partial charge in [0.15, 0.2) is 0 Å². The Morgan fingerprint density at radius 3 is 2.80 bits per heavy atom. The Labute approximate surface area is 125 Å². The highest BCUT2D eigenvalue weighted by Crippen LogP contribution is 2.22. The van der Waals surface area contributed by atoms with E-state index >= 15 is 0 Å². The van der Waals surface area contributed by atoms with Crippen LogP contribution in [-0.2, 0) is 16.6 Å². The molecule has 0 aliphatic heterocycles. The van der Waals surface area contributed by atoms with Gasteiger partial charge in [-0.2, -0.15) is 0 Å². The van der Waals surface area contributed by atoms with Crippen molar-refractivity contribution in [3.05, 3.63) is 46.5 Å². The van der Waals surface area contributed by atoms with Gasteiger partial charge in [0, 0.05) is 10.7 Å². The Kier molecular flexibility index (Phi) is 4.36. The molecule has 0 aliphatic carbocycles. The summed E-state index contributed by atoms with van der Waals surface area (Å²) >= 11 is 3.23. The minimum Gasteiger partial charge on any atom is -0.398 e. The molecule has 0 saturated heterocycles. The zero-order valence-corrected chi connectivity index (χ0v) is 13.1. The molecule has 106 valence electrons. The van der Waals surface area contributed by atoms with Crippen molar-refractivity contribution < 1.29 is 8.42 Å². The molecule has 2 rings (SSSR count). The van der Waals surface area contributed by atoms with Crippen LogP contribution < -0.4 is 10.5 Å². The molecule has 0 saturated carbocycles. The molecule has 3 N–H and O–H groups in total. The number of rotatable bonds is 4. The van der Waals surface area contributed by atoms with Gasteiger partial charge >= 0.3 is 0 Å². The molecule has 0 aliphatic rings. The molecule has 0 unspecified atom stereocenters. The number of aryl methyl sites for hydroxylation is 1. The van der Waals surface area contributed by atoms with E-state index in [1.165, 1.54) is 12.1 Å². The summed E-state index contributed by atoms with van der Waals surface area (Å²) in [4.78, 5) is 8.12. The maximum Gasteiger partial charge on any atom is 0.243 e. The summed E-state index contributed by atoms with van der Waals surface area (Å²) in [5.74, 6) is 0.587. The van der Waals surface area contributed by atoms with Crippen molar-refractivity contribution in [3.8, 4) is 0 Å². The van der Waals surface area contributed by atoms with Crippen LogP contribution in [0.5, 0.6) is 0 Å². The lowest BCUT2D eigenvalue weighted by Crippen LogP contribution is -2.24. The minimum atomic E-state index is -3.69. The maximum atomic E-state index is 12.2. The van der Waals surface area contributed by atoms with E-state index in [4.69, 9.17) is 5.73 Å². The van der Waals surface area contributed by atoms with E-state index < -0.39 is 10.0 Å². The number of hydrogen-bond acceptors (Lipinski definition) is 5. The lowest BCUT2D eigenvalue weighted by atomic mass is 10.3. The van der Waals surface area contributed by atoms with Crippen molar-refractivity contribution in [1.29, 1.82) is 0 Å². The van der Waals surface area contributed by atoms with Crippen molar-refractivity contribution in [1.82, 2.24) is 14.7 Å². The summed E-state index contributed by atoms with van der Waals surface area (Å²) < 4.78 is 27.5. The Balaban J connectivity index is 2.21. The first kappa shape index (κ1) is 14.9. The molecule has 1 heterocycles. The molecule has 1 aromatic heterocycles. The van der Waals surface area contributed by atoms with Gasteiger partial charge in [-0.3, -0.25) is 0 Å². The third kappa shape index (κ3) is 3.53.